The summed E-state index contributed by atoms with van der Waals surface area (Å²) in [6.45, 7) is 5.64. The number of nitrogens with zero attached hydrogens (tertiary/aromatic N) is 1. The zero-order valence-corrected chi connectivity index (χ0v) is 21.3. The maximum absolute atomic E-state index is 4.99. The van der Waals surface area contributed by atoms with E-state index in [0.29, 0.717) is 6.54 Å². The molecule has 0 saturated carbocycles. The van der Waals surface area contributed by atoms with Gasteiger partial charge < -0.3 is 5.32 Å². The minimum atomic E-state index is 0.658. The summed E-state index contributed by atoms with van der Waals surface area (Å²) in [5, 5.41) is 13.9. The van der Waals surface area contributed by atoms with Crippen LogP contribution in [-0.2, 0) is 13.1 Å². The highest BCUT2D eigenvalue weighted by molar-refractivity contribution is 6.03. The third-order valence-electron chi connectivity index (χ3n) is 7.22. The van der Waals surface area contributed by atoms with Gasteiger partial charge in [-0.2, -0.15) is 0 Å². The van der Waals surface area contributed by atoms with Crippen LogP contribution in [0.3, 0.4) is 0 Å². The van der Waals surface area contributed by atoms with E-state index < -0.39 is 0 Å². The van der Waals surface area contributed by atoms with E-state index in [1.165, 1.54) is 54.2 Å². The van der Waals surface area contributed by atoms with Gasteiger partial charge in [0.25, 0.3) is 0 Å². The molecule has 0 aliphatic rings. The van der Waals surface area contributed by atoms with Gasteiger partial charge in [0.1, 0.15) is 0 Å². The number of allylic oxidation sites excluding steroid dienone is 2. The van der Waals surface area contributed by atoms with Gasteiger partial charge in [0, 0.05) is 18.0 Å². The summed E-state index contributed by atoms with van der Waals surface area (Å²) in [4.78, 5) is 4.99. The Morgan fingerprint density at radius 2 is 1.00 bits per heavy atom. The maximum Gasteiger partial charge on any atom is 0.0655 e. The minimum Gasteiger partial charge on any atom is -0.384 e. The van der Waals surface area contributed by atoms with Gasteiger partial charge >= 0.3 is 0 Å². The van der Waals surface area contributed by atoms with E-state index in [4.69, 9.17) is 4.99 Å². The molecule has 0 bridgehead atoms. The fourth-order valence-electron chi connectivity index (χ4n) is 5.42. The Morgan fingerprint density at radius 3 is 1.46 bits per heavy atom. The van der Waals surface area contributed by atoms with Crippen LogP contribution in [0.1, 0.15) is 25.0 Å². The first-order valence-electron chi connectivity index (χ1n) is 12.9. The lowest BCUT2D eigenvalue weighted by Crippen LogP contribution is -2.12. The van der Waals surface area contributed by atoms with Crippen LogP contribution in [0.25, 0.3) is 43.1 Å². The highest BCUT2D eigenvalue weighted by Crippen LogP contribution is 2.30. The van der Waals surface area contributed by atoms with Crippen LogP contribution in [0.15, 0.2) is 126 Å². The van der Waals surface area contributed by atoms with Crippen molar-refractivity contribution in [3.05, 3.63) is 132 Å². The fourth-order valence-corrected chi connectivity index (χ4v) is 5.42. The number of nitrogens with one attached hydrogen (secondary N) is 1. The SMILES string of the molecule is CC(/C=C(/C)NCc1c2ccccc2cc2ccccc12)=NCc1c2ccccc2cc2ccccc12. The van der Waals surface area contributed by atoms with Gasteiger partial charge in [-0.05, 0) is 86.3 Å². The lowest BCUT2D eigenvalue weighted by molar-refractivity contribution is 0.823. The lowest BCUT2D eigenvalue weighted by Gasteiger charge is -2.14. The first-order chi connectivity index (χ1) is 18.2. The van der Waals surface area contributed by atoms with Crippen molar-refractivity contribution in [1.82, 2.24) is 5.32 Å². The molecule has 37 heavy (non-hydrogen) atoms. The molecule has 0 radical (unpaired) electrons. The molecule has 0 aliphatic carbocycles. The Bertz CT molecular complexity index is 1720. The van der Waals surface area contributed by atoms with Crippen LogP contribution in [0.5, 0.6) is 0 Å². The van der Waals surface area contributed by atoms with Crippen LogP contribution in [0.4, 0.5) is 0 Å². The van der Waals surface area contributed by atoms with Crippen molar-refractivity contribution in [1.29, 1.82) is 0 Å². The molecule has 0 aromatic heterocycles. The average molecular weight is 479 g/mol. The van der Waals surface area contributed by atoms with Crippen LogP contribution < -0.4 is 5.32 Å². The number of hydrogen-bond acceptors (Lipinski definition) is 2. The smallest absolute Gasteiger partial charge is 0.0655 e. The number of aliphatic imine (C=N–C) groups is 1. The molecule has 0 atom stereocenters. The first kappa shape index (κ1) is 23.0. The zero-order valence-electron chi connectivity index (χ0n) is 21.3. The van der Waals surface area contributed by atoms with E-state index >= 15 is 0 Å². The van der Waals surface area contributed by atoms with Gasteiger partial charge in [0.15, 0.2) is 0 Å². The lowest BCUT2D eigenvalue weighted by atomic mass is 9.96. The molecule has 6 aromatic rings. The number of benzene rings is 6. The monoisotopic (exact) mass is 478 g/mol. The summed E-state index contributed by atoms with van der Waals surface area (Å²) in [6, 6.07) is 39.1. The quantitative estimate of drug-likeness (QED) is 0.187. The molecule has 0 unspecified atom stereocenters. The van der Waals surface area contributed by atoms with Gasteiger partial charge in [0.05, 0.1) is 6.54 Å². The van der Waals surface area contributed by atoms with E-state index in [2.05, 4.69) is 134 Å². The second kappa shape index (κ2) is 9.91. The van der Waals surface area contributed by atoms with Crippen molar-refractivity contribution < 1.29 is 0 Å². The topological polar surface area (TPSA) is 24.4 Å². The van der Waals surface area contributed by atoms with Gasteiger partial charge in [0.2, 0.25) is 0 Å². The number of hydrogen-bond donors (Lipinski definition) is 1. The molecule has 2 heteroatoms. The Kier molecular flexibility index (Phi) is 6.16. The van der Waals surface area contributed by atoms with Gasteiger partial charge in [-0.25, -0.2) is 0 Å². The van der Waals surface area contributed by atoms with Crippen molar-refractivity contribution in [2.24, 2.45) is 4.99 Å². The molecule has 0 spiro atoms. The van der Waals surface area contributed by atoms with E-state index in [9.17, 15) is 0 Å². The molecule has 0 saturated heterocycles. The molecule has 0 amide bonds. The Hall–Kier alpha value is -4.43. The summed E-state index contributed by atoms with van der Waals surface area (Å²) in [7, 11) is 0. The highest BCUT2D eigenvalue weighted by Gasteiger charge is 2.08. The van der Waals surface area contributed by atoms with E-state index in [1.807, 2.05) is 0 Å². The third kappa shape index (κ3) is 4.59. The van der Waals surface area contributed by atoms with Crippen LogP contribution in [0, 0.1) is 0 Å². The third-order valence-corrected chi connectivity index (χ3v) is 7.22. The number of fused-ring (bicyclic) bond motifs is 4. The molecule has 0 heterocycles. The maximum atomic E-state index is 4.99. The predicted octanol–water partition coefficient (Wildman–Crippen LogP) is 8.95. The largest absolute Gasteiger partial charge is 0.384 e. The zero-order chi connectivity index (χ0) is 25.2. The standard InChI is InChI=1S/C35H30N2/c1-24(36-22-34-30-15-7-3-11-26(30)20-27-12-4-8-16-31(27)34)19-25(2)37-23-35-32-17-9-5-13-28(32)21-29-14-6-10-18-33(29)35/h3-21,36H,22-23H2,1-2H3/b24-19-,37-25?. The van der Waals surface area contributed by atoms with Crippen LogP contribution >= 0.6 is 0 Å². The highest BCUT2D eigenvalue weighted by atomic mass is 14.9. The van der Waals surface area contributed by atoms with Crippen molar-refractivity contribution >= 4 is 48.8 Å². The molecule has 180 valence electrons. The van der Waals surface area contributed by atoms with E-state index in [1.54, 1.807) is 0 Å². The summed E-state index contributed by atoms with van der Waals surface area (Å²) < 4.78 is 0. The average Bonchev–Trinajstić information content (AvgIpc) is 2.93. The molecular formula is C35H30N2. The summed E-state index contributed by atoms with van der Waals surface area (Å²) in [5.41, 5.74) is 4.75. The summed E-state index contributed by atoms with van der Waals surface area (Å²) in [6.07, 6.45) is 2.15. The van der Waals surface area contributed by atoms with Crippen molar-refractivity contribution in [3.63, 3.8) is 0 Å². The Labute approximate surface area is 218 Å². The predicted molar refractivity (Wildman–Crippen MR) is 160 cm³/mol. The van der Waals surface area contributed by atoms with Gasteiger partial charge in [-0.1, -0.05) is 97.1 Å². The van der Waals surface area contributed by atoms with Gasteiger partial charge in [-0.15, -0.1) is 0 Å². The molecular weight excluding hydrogens is 448 g/mol. The second-order valence-corrected chi connectivity index (χ2v) is 9.73. The molecule has 2 nitrogen and oxygen atoms in total. The van der Waals surface area contributed by atoms with E-state index in [-0.39, 0.29) is 0 Å². The molecule has 0 fully saturated rings. The number of rotatable bonds is 6. The van der Waals surface area contributed by atoms with Crippen LogP contribution in [-0.4, -0.2) is 5.71 Å². The summed E-state index contributed by atoms with van der Waals surface area (Å²) in [5.74, 6) is 0. The first-order valence-corrected chi connectivity index (χ1v) is 12.9. The normalized spacial score (nSPS) is 12.6. The van der Waals surface area contributed by atoms with Crippen molar-refractivity contribution in [2.75, 3.05) is 0 Å². The fraction of sp³-hybridized carbons (Fsp3) is 0.114. The van der Waals surface area contributed by atoms with Crippen molar-refractivity contribution in [3.8, 4) is 0 Å². The molecule has 6 rings (SSSR count). The molecule has 6 aromatic carbocycles. The second-order valence-electron chi connectivity index (χ2n) is 9.73. The van der Waals surface area contributed by atoms with Crippen LogP contribution in [0.2, 0.25) is 0 Å². The van der Waals surface area contributed by atoms with Crippen molar-refractivity contribution in [2.45, 2.75) is 26.9 Å². The minimum absolute atomic E-state index is 0.658. The van der Waals surface area contributed by atoms with Gasteiger partial charge in [-0.3, -0.25) is 4.99 Å². The molecule has 1 N–H and O–H groups in total. The van der Waals surface area contributed by atoms with E-state index in [0.717, 1.165) is 18.0 Å². The Balaban J connectivity index is 1.27. The Morgan fingerprint density at radius 1 is 0.595 bits per heavy atom. The summed E-state index contributed by atoms with van der Waals surface area (Å²) >= 11 is 0. The molecule has 0 aliphatic heterocycles.